The molecule has 0 unspecified atom stereocenters. The number of hydrogen-bond donors (Lipinski definition) is 1. The average Bonchev–Trinajstić information content (AvgIpc) is 3.49. The van der Waals surface area contributed by atoms with Crippen LogP contribution in [0.2, 0.25) is 0 Å². The first kappa shape index (κ1) is 19.8. The van der Waals surface area contributed by atoms with Crippen molar-refractivity contribution in [3.05, 3.63) is 70.9 Å². The van der Waals surface area contributed by atoms with Gasteiger partial charge in [0.2, 0.25) is 0 Å². The van der Waals surface area contributed by atoms with Crippen LogP contribution in [0.1, 0.15) is 72.8 Å². The third-order valence-corrected chi connectivity index (χ3v) is 6.13. The molecule has 4 rings (SSSR count). The summed E-state index contributed by atoms with van der Waals surface area (Å²) in [4.78, 5) is 13.0. The van der Waals surface area contributed by atoms with Crippen molar-refractivity contribution in [3.63, 3.8) is 0 Å². The van der Waals surface area contributed by atoms with E-state index in [9.17, 15) is 4.79 Å². The second-order valence-electron chi connectivity index (χ2n) is 8.66. The summed E-state index contributed by atoms with van der Waals surface area (Å²) < 4.78 is 2.38. The van der Waals surface area contributed by atoms with Gasteiger partial charge >= 0.3 is 0 Å². The van der Waals surface area contributed by atoms with Gasteiger partial charge in [-0.3, -0.25) is 4.79 Å². The Bertz CT molecular complexity index is 1010. The molecule has 1 fully saturated rings. The number of nitrogens with zero attached hydrogens (tertiary/aromatic N) is 1. The first-order valence-corrected chi connectivity index (χ1v) is 11.0. The molecule has 3 nitrogen and oxygen atoms in total. The normalized spacial score (nSPS) is 14.9. The van der Waals surface area contributed by atoms with Crippen LogP contribution in [0.25, 0.3) is 10.9 Å². The number of carbonyl (C=O) groups is 1. The van der Waals surface area contributed by atoms with E-state index in [2.05, 4.69) is 73.1 Å². The van der Waals surface area contributed by atoms with E-state index >= 15 is 0 Å². The number of unbranched alkanes of at least 4 members (excludes halogenated alkanes) is 1. The number of benzene rings is 2. The molecule has 29 heavy (non-hydrogen) atoms. The molecular formula is C26H32N2O. The number of fused-ring (bicyclic) bond motifs is 1. The molecule has 152 valence electrons. The zero-order chi connectivity index (χ0) is 20.4. The Balaban J connectivity index is 1.51. The maximum Gasteiger partial charge on any atom is 0.251 e. The van der Waals surface area contributed by atoms with E-state index in [1.54, 1.807) is 0 Å². The molecule has 0 radical (unpaired) electrons. The lowest BCUT2D eigenvalue weighted by atomic mass is 10.0. The van der Waals surface area contributed by atoms with E-state index in [4.69, 9.17) is 0 Å². The number of rotatable bonds is 8. The quantitative estimate of drug-likeness (QED) is 0.490. The van der Waals surface area contributed by atoms with E-state index < -0.39 is 0 Å². The lowest BCUT2D eigenvalue weighted by Crippen LogP contribution is -2.26. The Hall–Kier alpha value is -2.55. The van der Waals surface area contributed by atoms with E-state index in [1.165, 1.54) is 53.4 Å². The molecule has 1 amide bonds. The van der Waals surface area contributed by atoms with Crippen molar-refractivity contribution < 1.29 is 4.79 Å². The number of aryl methyl sites for hydroxylation is 2. The number of carbonyl (C=O) groups excluding carboxylic acids is 1. The van der Waals surface area contributed by atoms with E-state index in [1.807, 2.05) is 6.07 Å². The molecule has 1 aliphatic rings. The van der Waals surface area contributed by atoms with Gasteiger partial charge < -0.3 is 9.88 Å². The molecule has 0 saturated heterocycles. The summed E-state index contributed by atoms with van der Waals surface area (Å²) in [6, 6.07) is 16.9. The van der Waals surface area contributed by atoms with Gasteiger partial charge in [0.1, 0.15) is 0 Å². The molecule has 3 heteroatoms. The van der Waals surface area contributed by atoms with E-state index in [0.29, 0.717) is 0 Å². The van der Waals surface area contributed by atoms with Crippen molar-refractivity contribution in [1.29, 1.82) is 0 Å². The van der Waals surface area contributed by atoms with Crippen LogP contribution in [0.4, 0.5) is 0 Å². The number of nitrogens with one attached hydrogen (secondary N) is 1. The van der Waals surface area contributed by atoms with Crippen LogP contribution in [0.3, 0.4) is 0 Å². The summed E-state index contributed by atoms with van der Waals surface area (Å²) in [6.07, 6.45) is 6.15. The summed E-state index contributed by atoms with van der Waals surface area (Å²) in [7, 11) is 0. The highest BCUT2D eigenvalue weighted by atomic mass is 16.1. The Morgan fingerprint density at radius 2 is 2.00 bits per heavy atom. The first-order chi connectivity index (χ1) is 14.0. The van der Waals surface area contributed by atoms with Gasteiger partial charge in [0.05, 0.1) is 6.04 Å². The third-order valence-electron chi connectivity index (χ3n) is 6.13. The minimum absolute atomic E-state index is 0.00446. The second-order valence-corrected chi connectivity index (χ2v) is 8.66. The molecule has 1 aromatic heterocycles. The maximum absolute atomic E-state index is 13.0. The summed E-state index contributed by atoms with van der Waals surface area (Å²) in [5.41, 5.74) is 5.71. The number of amides is 1. The van der Waals surface area contributed by atoms with Gasteiger partial charge in [0.15, 0.2) is 0 Å². The molecule has 1 N–H and O–H groups in total. The van der Waals surface area contributed by atoms with Gasteiger partial charge in [0.25, 0.3) is 5.91 Å². The van der Waals surface area contributed by atoms with Gasteiger partial charge in [-0.2, -0.15) is 0 Å². The van der Waals surface area contributed by atoms with Crippen LogP contribution in [0.15, 0.2) is 48.5 Å². The highest BCUT2D eigenvalue weighted by Gasteiger charge is 2.23. The van der Waals surface area contributed by atoms with Crippen molar-refractivity contribution in [2.24, 2.45) is 5.92 Å². The van der Waals surface area contributed by atoms with E-state index in [0.717, 1.165) is 24.4 Å². The molecular weight excluding hydrogens is 356 g/mol. The molecule has 3 aromatic rings. The van der Waals surface area contributed by atoms with Crippen LogP contribution >= 0.6 is 0 Å². The lowest BCUT2D eigenvalue weighted by molar-refractivity contribution is 0.0940. The molecule has 1 aliphatic carbocycles. The summed E-state index contributed by atoms with van der Waals surface area (Å²) in [5.74, 6) is 0.803. The molecule has 0 aliphatic heterocycles. The molecule has 0 spiro atoms. The topological polar surface area (TPSA) is 34.0 Å². The zero-order valence-electron chi connectivity index (χ0n) is 17.9. The largest absolute Gasteiger partial charge is 0.346 e. The van der Waals surface area contributed by atoms with Gasteiger partial charge in [-0.15, -0.1) is 0 Å². The van der Waals surface area contributed by atoms with Crippen molar-refractivity contribution in [2.75, 3.05) is 0 Å². The fourth-order valence-electron chi connectivity index (χ4n) is 4.10. The number of hydrogen-bond acceptors (Lipinski definition) is 1. The van der Waals surface area contributed by atoms with Crippen molar-refractivity contribution in [1.82, 2.24) is 9.88 Å². The fourth-order valence-corrected chi connectivity index (χ4v) is 4.10. The minimum atomic E-state index is -0.0141. The molecule has 1 atom stereocenters. The summed E-state index contributed by atoms with van der Waals surface area (Å²) >= 11 is 0. The van der Waals surface area contributed by atoms with Crippen molar-refractivity contribution in [3.8, 4) is 0 Å². The minimum Gasteiger partial charge on any atom is -0.346 e. The first-order valence-electron chi connectivity index (χ1n) is 11.0. The SMILES string of the molecule is CCCCc1cccc([C@H](C)NC(=O)c2ccc3cc(C)n(CC4CC4)c3c2)c1. The van der Waals surface area contributed by atoms with E-state index in [-0.39, 0.29) is 11.9 Å². The summed E-state index contributed by atoms with van der Waals surface area (Å²) in [6.45, 7) is 7.51. The van der Waals surface area contributed by atoms with Crippen LogP contribution in [-0.4, -0.2) is 10.5 Å². The van der Waals surface area contributed by atoms with Crippen LogP contribution < -0.4 is 5.32 Å². The molecule has 0 bridgehead atoms. The monoisotopic (exact) mass is 388 g/mol. The smallest absolute Gasteiger partial charge is 0.251 e. The molecule has 1 saturated carbocycles. The highest BCUT2D eigenvalue weighted by Crippen LogP contribution is 2.33. The second kappa shape index (κ2) is 8.44. The predicted octanol–water partition coefficient (Wildman–Crippen LogP) is 6.19. The van der Waals surface area contributed by atoms with Gasteiger partial charge in [-0.25, -0.2) is 0 Å². The summed E-state index contributed by atoms with van der Waals surface area (Å²) in [5, 5.41) is 4.41. The number of aromatic nitrogens is 1. The fraction of sp³-hybridized carbons (Fsp3) is 0.423. The van der Waals surface area contributed by atoms with Gasteiger partial charge in [0, 0.05) is 23.3 Å². The van der Waals surface area contributed by atoms with Crippen LogP contribution in [-0.2, 0) is 13.0 Å². The Morgan fingerprint density at radius 1 is 1.17 bits per heavy atom. The van der Waals surface area contributed by atoms with Crippen LogP contribution in [0, 0.1) is 12.8 Å². The standard InChI is InChI=1S/C26H32N2O/c1-4-5-7-20-8-6-9-22(15-20)19(3)27-26(29)24-13-12-23-14-18(2)28(25(23)16-24)17-21-10-11-21/h6,8-9,12-16,19,21H,4-5,7,10-11,17H2,1-3H3,(H,27,29)/t19-/m0/s1. The predicted molar refractivity (Wildman–Crippen MR) is 120 cm³/mol. The Labute approximate surface area is 174 Å². The lowest BCUT2D eigenvalue weighted by Gasteiger charge is -2.16. The zero-order valence-corrected chi connectivity index (χ0v) is 17.9. The highest BCUT2D eigenvalue weighted by molar-refractivity contribution is 5.98. The third kappa shape index (κ3) is 4.55. The Morgan fingerprint density at radius 3 is 2.76 bits per heavy atom. The van der Waals surface area contributed by atoms with Crippen LogP contribution in [0.5, 0.6) is 0 Å². The Kier molecular flexibility index (Phi) is 5.75. The average molecular weight is 389 g/mol. The molecule has 1 heterocycles. The van der Waals surface area contributed by atoms with Crippen molar-refractivity contribution in [2.45, 2.75) is 65.5 Å². The van der Waals surface area contributed by atoms with Crippen molar-refractivity contribution >= 4 is 16.8 Å². The van der Waals surface area contributed by atoms with Gasteiger partial charge in [-0.05, 0) is 80.2 Å². The maximum atomic E-state index is 13.0. The van der Waals surface area contributed by atoms with Gasteiger partial charge in [-0.1, -0.05) is 43.7 Å². The molecule has 2 aromatic carbocycles.